The molecule has 2 N–H and O–H groups in total. The number of thiophene rings is 1. The van der Waals surface area contributed by atoms with Crippen LogP contribution in [0.4, 0.5) is 5.82 Å². The summed E-state index contributed by atoms with van der Waals surface area (Å²) in [6.07, 6.45) is 2.46. The number of aryl methyl sites for hydroxylation is 2. The van der Waals surface area contributed by atoms with Gasteiger partial charge in [0, 0.05) is 39.3 Å². The number of hydrogen-bond donors (Lipinski definition) is 2. The third kappa shape index (κ3) is 3.90. The maximum atomic E-state index is 14.8. The molecule has 4 aliphatic rings. The second-order valence-electron chi connectivity index (χ2n) is 12.9. The quantitative estimate of drug-likeness (QED) is 0.199. The van der Waals surface area contributed by atoms with Crippen LogP contribution in [-0.4, -0.2) is 38.5 Å². The molecule has 6 atom stereocenters. The van der Waals surface area contributed by atoms with Gasteiger partial charge in [0.25, 0.3) is 0 Å². The summed E-state index contributed by atoms with van der Waals surface area (Å²) in [6, 6.07) is 12.1. The number of fused-ring (bicyclic) bond motifs is 5. The fourth-order valence-electron chi connectivity index (χ4n) is 8.46. The number of imide groups is 2. The number of phenolic OH excluding ortho intramolecular Hbond substituents is 1. The van der Waals surface area contributed by atoms with Gasteiger partial charge in [-0.3, -0.25) is 29.2 Å². The van der Waals surface area contributed by atoms with Gasteiger partial charge < -0.3 is 5.11 Å². The molecule has 4 aromatic rings. The van der Waals surface area contributed by atoms with Crippen molar-refractivity contribution in [1.82, 2.24) is 15.1 Å². The molecule has 2 aromatic heterocycles. The monoisotopic (exact) mass is 674 g/mol. The van der Waals surface area contributed by atoms with E-state index in [9.17, 15) is 24.3 Å². The Labute approximate surface area is 277 Å². The number of anilines is 1. The van der Waals surface area contributed by atoms with Crippen LogP contribution in [0.15, 0.2) is 54.1 Å². The average Bonchev–Trinajstić information content (AvgIpc) is 3.70. The number of benzene rings is 2. The highest BCUT2D eigenvalue weighted by Crippen LogP contribution is 2.64. The van der Waals surface area contributed by atoms with Gasteiger partial charge in [-0.1, -0.05) is 34.9 Å². The van der Waals surface area contributed by atoms with Gasteiger partial charge in [0.05, 0.1) is 28.0 Å². The van der Waals surface area contributed by atoms with Crippen LogP contribution in [0.2, 0.25) is 10.0 Å². The Morgan fingerprint density at radius 3 is 2.54 bits per heavy atom. The molecular weight excluding hydrogens is 647 g/mol. The topological polar surface area (TPSA) is 122 Å². The number of nitrogens with zero attached hydrogens (tertiary/aromatic N) is 3. The molecule has 234 valence electrons. The highest BCUT2D eigenvalue weighted by Gasteiger charge is 2.67. The maximum absolute atomic E-state index is 14.8. The van der Waals surface area contributed by atoms with Gasteiger partial charge in [-0.05, 0) is 80.0 Å². The van der Waals surface area contributed by atoms with Gasteiger partial charge in [0.2, 0.25) is 23.6 Å². The molecule has 4 heterocycles. The molecule has 2 saturated heterocycles. The van der Waals surface area contributed by atoms with E-state index in [-0.39, 0.29) is 24.0 Å². The fraction of sp³-hybridized carbons (Fsp3) is 0.324. The second kappa shape index (κ2) is 10.0. The van der Waals surface area contributed by atoms with Crippen LogP contribution in [0, 0.1) is 36.0 Å². The minimum absolute atomic E-state index is 0.0631. The van der Waals surface area contributed by atoms with Gasteiger partial charge in [-0.2, -0.15) is 5.10 Å². The van der Waals surface area contributed by atoms with Crippen molar-refractivity contribution >= 4 is 74.1 Å². The summed E-state index contributed by atoms with van der Waals surface area (Å²) in [7, 11) is 1.70. The molecule has 2 aliphatic heterocycles. The molecule has 3 fully saturated rings. The van der Waals surface area contributed by atoms with Crippen LogP contribution in [0.3, 0.4) is 0 Å². The van der Waals surface area contributed by atoms with E-state index >= 15 is 0 Å². The Morgan fingerprint density at radius 2 is 1.76 bits per heavy atom. The van der Waals surface area contributed by atoms with E-state index in [1.807, 2.05) is 31.2 Å². The summed E-state index contributed by atoms with van der Waals surface area (Å²) in [5.74, 6) is -4.52. The van der Waals surface area contributed by atoms with E-state index < -0.39 is 46.8 Å². The molecule has 6 unspecified atom stereocenters. The van der Waals surface area contributed by atoms with Crippen molar-refractivity contribution in [3.05, 3.63) is 75.3 Å². The normalized spacial score (nSPS) is 28.8. The van der Waals surface area contributed by atoms with E-state index in [0.29, 0.717) is 33.5 Å². The van der Waals surface area contributed by atoms with Crippen LogP contribution < -0.4 is 10.2 Å². The number of nitrogens with one attached hydrogen (secondary N) is 1. The van der Waals surface area contributed by atoms with E-state index in [4.69, 9.17) is 28.3 Å². The van der Waals surface area contributed by atoms with Crippen LogP contribution in [0.5, 0.6) is 5.75 Å². The zero-order valence-corrected chi connectivity index (χ0v) is 27.3. The Kier molecular flexibility index (Phi) is 6.40. The Bertz CT molecular complexity index is 2100. The predicted molar refractivity (Wildman–Crippen MR) is 175 cm³/mol. The van der Waals surface area contributed by atoms with E-state index in [1.165, 1.54) is 11.0 Å². The third-order valence-corrected chi connectivity index (χ3v) is 12.4. The van der Waals surface area contributed by atoms with Crippen molar-refractivity contribution < 1.29 is 24.3 Å². The van der Waals surface area contributed by atoms with Crippen molar-refractivity contribution in [2.75, 3.05) is 4.90 Å². The number of allylic oxidation sites excluding steroid dienone is 2. The number of phenols is 1. The Hall–Kier alpha value is -3.99. The SMILES string of the molecule is Cc1c(-c2cc(N3C(=O)C4CC5C(=CCC6C(=O)NC(=O)C65)C(c5cc(Cl)ccc5O)C4(C)C3=O)n(C)n2)sc2ccc(Cl)cc12. The molecule has 46 heavy (non-hydrogen) atoms. The summed E-state index contributed by atoms with van der Waals surface area (Å²) >= 11 is 14.3. The van der Waals surface area contributed by atoms with Gasteiger partial charge in [0.15, 0.2) is 0 Å². The summed E-state index contributed by atoms with van der Waals surface area (Å²) in [5.41, 5.74) is 1.49. The van der Waals surface area contributed by atoms with Crippen molar-refractivity contribution in [3.8, 4) is 16.3 Å². The second-order valence-corrected chi connectivity index (χ2v) is 14.9. The van der Waals surface area contributed by atoms with Crippen LogP contribution in [0.25, 0.3) is 20.7 Å². The fourth-order valence-corrected chi connectivity index (χ4v) is 9.96. The highest BCUT2D eigenvalue weighted by molar-refractivity contribution is 7.22. The van der Waals surface area contributed by atoms with E-state index in [1.54, 1.807) is 48.2 Å². The van der Waals surface area contributed by atoms with Gasteiger partial charge in [0.1, 0.15) is 17.3 Å². The molecule has 12 heteroatoms. The summed E-state index contributed by atoms with van der Waals surface area (Å²) in [6.45, 7) is 3.76. The molecule has 0 spiro atoms. The Balaban J connectivity index is 1.27. The number of aromatic hydroxyl groups is 1. The number of carbonyl (C=O) groups excluding carboxylic acids is 4. The smallest absolute Gasteiger partial charge is 0.242 e. The van der Waals surface area contributed by atoms with Crippen molar-refractivity contribution in [2.24, 2.45) is 36.1 Å². The highest BCUT2D eigenvalue weighted by atomic mass is 35.5. The number of aromatic nitrogens is 2. The number of hydrogen-bond acceptors (Lipinski definition) is 7. The largest absolute Gasteiger partial charge is 0.508 e. The first kappa shape index (κ1) is 29.4. The average molecular weight is 676 g/mol. The van der Waals surface area contributed by atoms with Crippen LogP contribution >= 0.6 is 34.5 Å². The van der Waals surface area contributed by atoms with Gasteiger partial charge >= 0.3 is 0 Å². The molecule has 1 saturated carbocycles. The lowest BCUT2D eigenvalue weighted by atomic mass is 9.51. The first-order valence-electron chi connectivity index (χ1n) is 15.0. The van der Waals surface area contributed by atoms with Gasteiger partial charge in [-0.25, -0.2) is 4.90 Å². The third-order valence-electron chi connectivity index (χ3n) is 10.6. The molecule has 8 rings (SSSR count). The Morgan fingerprint density at radius 1 is 1.02 bits per heavy atom. The predicted octanol–water partition coefficient (Wildman–Crippen LogP) is 6.14. The van der Waals surface area contributed by atoms with Crippen LogP contribution in [-0.2, 0) is 26.2 Å². The number of carbonyl (C=O) groups is 4. The van der Waals surface area contributed by atoms with Crippen molar-refractivity contribution in [1.29, 1.82) is 0 Å². The maximum Gasteiger partial charge on any atom is 0.242 e. The molecule has 0 bridgehead atoms. The molecule has 4 amide bonds. The van der Waals surface area contributed by atoms with E-state index in [0.717, 1.165) is 26.1 Å². The van der Waals surface area contributed by atoms with Crippen molar-refractivity contribution in [3.63, 3.8) is 0 Å². The zero-order chi connectivity index (χ0) is 32.4. The first-order valence-corrected chi connectivity index (χ1v) is 16.6. The van der Waals surface area contributed by atoms with Crippen LogP contribution in [0.1, 0.15) is 36.8 Å². The first-order chi connectivity index (χ1) is 21.9. The van der Waals surface area contributed by atoms with Gasteiger partial charge in [-0.15, -0.1) is 11.3 Å². The van der Waals surface area contributed by atoms with Crippen molar-refractivity contribution in [2.45, 2.75) is 32.6 Å². The lowest BCUT2D eigenvalue weighted by molar-refractivity contribution is -0.131. The molecule has 0 radical (unpaired) electrons. The molecule has 2 aromatic carbocycles. The number of rotatable bonds is 3. The zero-order valence-electron chi connectivity index (χ0n) is 25.0. The lowest BCUT2D eigenvalue weighted by Gasteiger charge is -2.49. The lowest BCUT2D eigenvalue weighted by Crippen LogP contribution is -2.48. The van der Waals surface area contributed by atoms with E-state index in [2.05, 4.69) is 5.32 Å². The summed E-state index contributed by atoms with van der Waals surface area (Å²) in [4.78, 5) is 57.2. The number of halogens is 2. The summed E-state index contributed by atoms with van der Waals surface area (Å²) < 4.78 is 2.59. The summed E-state index contributed by atoms with van der Waals surface area (Å²) in [5, 5.41) is 20.4. The molecule has 9 nitrogen and oxygen atoms in total. The molecule has 2 aliphatic carbocycles. The minimum Gasteiger partial charge on any atom is -0.508 e. The standard InChI is InChI=1S/C34H28Cl2N4O5S/c1-14-19-10-16(36)5-9-25(19)46-29(14)23-13-26(39(3)38-23)40-32(44)22-12-20-17(6-7-18-27(20)31(43)37-30(18)42)28(34(22,2)33(40)45)21-11-15(35)4-8-24(21)41/h4-6,8-11,13,18,20,22,27-28,41H,7,12H2,1-3H3,(H,37,42,43). The number of amides is 4. The minimum atomic E-state index is -1.32. The molecular formula is C34H28Cl2N4O5S.